The van der Waals surface area contributed by atoms with Gasteiger partial charge in [0.1, 0.15) is 19.0 Å². The van der Waals surface area contributed by atoms with Crippen molar-refractivity contribution in [2.24, 2.45) is 5.92 Å². The molecule has 5 aromatic rings. The number of benzene rings is 5. The zero-order valence-corrected chi connectivity index (χ0v) is 33.7. The minimum Gasteiger partial charge on any atom is -0.493 e. The standard InChI is InChI=1S/C48H50N4O5/c1-29(2)15-31-17-32(27-56-44-23-42-38(16-30(44)3)47(53)51-36(25-49(42)4)20-34-11-7-9-13-40(34)51)19-33(18-31)28-57-46-24-43-39(22-45(46)55-6)48(54)52-37(26-50(43)5)21-35-12-8-10-14-41(35)52/h7-14,16-19,22-24,29,36-37H,15,20-21,25-28H2,1-6H3/t36-,37-/m0/s1. The number of methoxy groups -OCH3 is 1. The van der Waals surface area contributed by atoms with E-state index in [4.69, 9.17) is 14.2 Å². The smallest absolute Gasteiger partial charge is 0.260 e. The number of hydrogen-bond donors (Lipinski definition) is 0. The summed E-state index contributed by atoms with van der Waals surface area (Å²) in [5.41, 5.74) is 11.7. The second-order valence-electron chi connectivity index (χ2n) is 16.6. The Morgan fingerprint density at radius 2 is 1.11 bits per heavy atom. The van der Waals surface area contributed by atoms with E-state index in [9.17, 15) is 9.59 Å². The Morgan fingerprint density at radius 3 is 1.65 bits per heavy atom. The third-order valence-corrected chi connectivity index (χ3v) is 12.0. The second kappa shape index (κ2) is 14.5. The van der Waals surface area contributed by atoms with Gasteiger partial charge in [-0.15, -0.1) is 0 Å². The Morgan fingerprint density at radius 1 is 0.614 bits per heavy atom. The number of amides is 2. The van der Waals surface area contributed by atoms with Gasteiger partial charge in [-0.1, -0.05) is 62.4 Å². The highest BCUT2D eigenvalue weighted by Crippen LogP contribution is 2.43. The van der Waals surface area contributed by atoms with Gasteiger partial charge < -0.3 is 33.8 Å². The molecule has 0 unspecified atom stereocenters. The maximum atomic E-state index is 14.1. The van der Waals surface area contributed by atoms with Gasteiger partial charge in [0, 0.05) is 50.7 Å². The highest BCUT2D eigenvalue weighted by atomic mass is 16.5. The lowest BCUT2D eigenvalue weighted by atomic mass is 9.98. The summed E-state index contributed by atoms with van der Waals surface area (Å²) in [5.74, 6) is 2.37. The Kier molecular flexibility index (Phi) is 9.34. The molecule has 2 amide bonds. The Balaban J connectivity index is 0.955. The summed E-state index contributed by atoms with van der Waals surface area (Å²) < 4.78 is 19.0. The van der Waals surface area contributed by atoms with E-state index in [1.165, 1.54) is 16.7 Å². The number of para-hydroxylation sites is 2. The first-order valence-corrected chi connectivity index (χ1v) is 20.1. The summed E-state index contributed by atoms with van der Waals surface area (Å²) in [6.45, 7) is 8.60. The van der Waals surface area contributed by atoms with E-state index >= 15 is 0 Å². The zero-order valence-electron chi connectivity index (χ0n) is 33.7. The SMILES string of the molecule is COc1cc2c(cc1OCc1cc(COc3cc4c(cc3C)C(=O)N3c5ccccc5C[C@H]3CN4C)cc(CC(C)C)c1)N(C)C[C@@H]1Cc3ccccc3N1C2=O. The van der Waals surface area contributed by atoms with Crippen LogP contribution in [0.5, 0.6) is 17.2 Å². The first kappa shape index (κ1) is 36.7. The van der Waals surface area contributed by atoms with Crippen molar-refractivity contribution < 1.29 is 23.8 Å². The van der Waals surface area contributed by atoms with E-state index in [1.807, 2.05) is 78.4 Å². The lowest BCUT2D eigenvalue weighted by Gasteiger charge is -2.25. The van der Waals surface area contributed by atoms with Crippen molar-refractivity contribution in [3.63, 3.8) is 0 Å². The maximum Gasteiger partial charge on any atom is 0.260 e. The predicted octanol–water partition coefficient (Wildman–Crippen LogP) is 8.40. The summed E-state index contributed by atoms with van der Waals surface area (Å²) in [5, 5.41) is 0. The largest absolute Gasteiger partial charge is 0.493 e. The molecule has 0 fully saturated rings. The monoisotopic (exact) mass is 762 g/mol. The fraction of sp³-hybridized carbons (Fsp3) is 0.333. The number of aryl methyl sites for hydroxylation is 1. The molecular weight excluding hydrogens is 713 g/mol. The van der Waals surface area contributed by atoms with Crippen LogP contribution < -0.4 is 33.8 Å². The number of rotatable bonds is 9. The molecule has 4 heterocycles. The number of hydrogen-bond acceptors (Lipinski definition) is 7. The maximum absolute atomic E-state index is 14.1. The fourth-order valence-electron chi connectivity index (χ4n) is 9.40. The highest BCUT2D eigenvalue weighted by Gasteiger charge is 2.40. The molecule has 9 heteroatoms. The van der Waals surface area contributed by atoms with Gasteiger partial charge in [-0.3, -0.25) is 9.59 Å². The molecule has 0 saturated heterocycles. The van der Waals surface area contributed by atoms with Gasteiger partial charge in [-0.05, 0) is 95.8 Å². The number of carbonyl (C=O) groups excluding carboxylic acids is 2. The van der Waals surface area contributed by atoms with Crippen LogP contribution in [0.3, 0.4) is 0 Å². The van der Waals surface area contributed by atoms with Gasteiger partial charge in [0.05, 0.1) is 41.7 Å². The molecule has 4 aliphatic heterocycles. The van der Waals surface area contributed by atoms with E-state index in [-0.39, 0.29) is 23.9 Å². The van der Waals surface area contributed by atoms with Crippen LogP contribution in [-0.2, 0) is 32.5 Å². The molecule has 57 heavy (non-hydrogen) atoms. The summed E-state index contributed by atoms with van der Waals surface area (Å²) in [7, 11) is 5.73. The van der Waals surface area contributed by atoms with Crippen LogP contribution in [-0.4, -0.2) is 58.2 Å². The van der Waals surface area contributed by atoms with Crippen molar-refractivity contribution in [3.05, 3.63) is 136 Å². The summed E-state index contributed by atoms with van der Waals surface area (Å²) in [6, 6.07) is 31.0. The number of fused-ring (bicyclic) bond motifs is 8. The first-order valence-electron chi connectivity index (χ1n) is 20.1. The van der Waals surface area contributed by atoms with Crippen molar-refractivity contribution in [1.29, 1.82) is 0 Å². The first-order chi connectivity index (χ1) is 27.6. The average molecular weight is 763 g/mol. The average Bonchev–Trinajstić information content (AvgIpc) is 3.70. The summed E-state index contributed by atoms with van der Waals surface area (Å²) in [4.78, 5) is 36.5. The van der Waals surface area contributed by atoms with Crippen molar-refractivity contribution in [2.45, 2.75) is 65.3 Å². The van der Waals surface area contributed by atoms with Gasteiger partial charge >= 0.3 is 0 Å². The van der Waals surface area contributed by atoms with Crippen molar-refractivity contribution in [3.8, 4) is 17.2 Å². The van der Waals surface area contributed by atoms with Crippen LogP contribution in [0.4, 0.5) is 22.7 Å². The zero-order chi connectivity index (χ0) is 39.5. The summed E-state index contributed by atoms with van der Waals surface area (Å²) in [6.07, 6.45) is 2.60. The predicted molar refractivity (Wildman–Crippen MR) is 226 cm³/mol. The number of anilines is 4. The molecule has 0 aromatic heterocycles. The molecular formula is C48H50N4O5. The van der Waals surface area contributed by atoms with E-state index < -0.39 is 0 Å². The van der Waals surface area contributed by atoms with Crippen molar-refractivity contribution in [1.82, 2.24) is 0 Å². The molecule has 0 bridgehead atoms. The molecule has 9 nitrogen and oxygen atoms in total. The molecule has 5 aromatic carbocycles. The normalized spacial score (nSPS) is 18.0. The lowest BCUT2D eigenvalue weighted by Crippen LogP contribution is -2.41. The molecule has 292 valence electrons. The third kappa shape index (κ3) is 6.62. The van der Waals surface area contributed by atoms with Gasteiger partial charge in [-0.25, -0.2) is 0 Å². The Bertz CT molecular complexity index is 2410. The molecule has 0 N–H and O–H groups in total. The highest BCUT2D eigenvalue weighted by molar-refractivity contribution is 6.13. The summed E-state index contributed by atoms with van der Waals surface area (Å²) >= 11 is 0. The van der Waals surface area contributed by atoms with Crippen molar-refractivity contribution >= 4 is 34.6 Å². The van der Waals surface area contributed by atoms with Gasteiger partial charge in [0.15, 0.2) is 11.5 Å². The lowest BCUT2D eigenvalue weighted by molar-refractivity contribution is 0.0975. The van der Waals surface area contributed by atoms with Crippen LogP contribution in [0.2, 0.25) is 0 Å². The molecule has 0 radical (unpaired) electrons. The molecule has 0 saturated carbocycles. The van der Waals surface area contributed by atoms with Gasteiger partial charge in [0.25, 0.3) is 11.8 Å². The topological polar surface area (TPSA) is 74.8 Å². The Hall–Kier alpha value is -5.96. The van der Waals surface area contributed by atoms with Crippen LogP contribution >= 0.6 is 0 Å². The van der Waals surface area contributed by atoms with Crippen LogP contribution in [0.1, 0.15) is 67.9 Å². The fourth-order valence-corrected chi connectivity index (χ4v) is 9.40. The number of carbonyl (C=O) groups is 2. The number of nitrogens with zero attached hydrogens (tertiary/aromatic N) is 4. The molecule has 4 aliphatic rings. The third-order valence-electron chi connectivity index (χ3n) is 12.0. The van der Waals surface area contributed by atoms with Crippen LogP contribution in [0.15, 0.2) is 91.0 Å². The Labute approximate surface area is 335 Å². The molecule has 0 spiro atoms. The molecule has 2 atom stereocenters. The van der Waals surface area contributed by atoms with E-state index in [0.717, 1.165) is 71.0 Å². The minimum absolute atomic E-state index is 0.0192. The molecule has 9 rings (SSSR count). The van der Waals surface area contributed by atoms with Crippen LogP contribution in [0, 0.1) is 12.8 Å². The van der Waals surface area contributed by atoms with E-state index in [2.05, 4.69) is 67.1 Å². The van der Waals surface area contributed by atoms with Crippen molar-refractivity contribution in [2.75, 3.05) is 53.9 Å². The second-order valence-corrected chi connectivity index (χ2v) is 16.6. The van der Waals surface area contributed by atoms with Gasteiger partial charge in [0.2, 0.25) is 0 Å². The van der Waals surface area contributed by atoms with E-state index in [1.54, 1.807) is 7.11 Å². The molecule has 0 aliphatic carbocycles. The minimum atomic E-state index is -0.0192. The van der Waals surface area contributed by atoms with Gasteiger partial charge in [-0.2, -0.15) is 0 Å². The number of ether oxygens (including phenoxy) is 3. The van der Waals surface area contributed by atoms with E-state index in [0.29, 0.717) is 48.3 Å². The van der Waals surface area contributed by atoms with Crippen LogP contribution in [0.25, 0.3) is 0 Å². The quantitative estimate of drug-likeness (QED) is 0.149. The number of likely N-dealkylation sites (N-methyl/N-ethyl adjacent to an activating group) is 2.